The Bertz CT molecular complexity index is 933. The lowest BCUT2D eigenvalue weighted by molar-refractivity contribution is 0.0446. The summed E-state index contributed by atoms with van der Waals surface area (Å²) in [5.41, 5.74) is 1.11. The number of rotatable bonds is 7. The maximum absolute atomic E-state index is 12.3. The number of hydrogen-bond donors (Lipinski definition) is 0. The van der Waals surface area contributed by atoms with Gasteiger partial charge in [0, 0.05) is 5.56 Å². The number of benzene rings is 2. The second-order valence-corrected chi connectivity index (χ2v) is 6.60. The predicted octanol–water partition coefficient (Wildman–Crippen LogP) is 6.40. The predicted molar refractivity (Wildman–Crippen MR) is 106 cm³/mol. The molecule has 0 atom stereocenters. The second-order valence-electron chi connectivity index (χ2n) is 5.82. The molecule has 4 nitrogen and oxygen atoms in total. The van der Waals surface area contributed by atoms with Crippen molar-refractivity contribution in [2.24, 2.45) is 0 Å². The molecule has 0 saturated heterocycles. The summed E-state index contributed by atoms with van der Waals surface area (Å²) in [5.74, 6) is 1.26. The van der Waals surface area contributed by atoms with Gasteiger partial charge in [0.05, 0.1) is 22.2 Å². The molecule has 140 valence electrons. The van der Waals surface area contributed by atoms with Crippen LogP contribution in [0.3, 0.4) is 0 Å². The molecule has 0 aliphatic rings. The first kappa shape index (κ1) is 19.3. The van der Waals surface area contributed by atoms with Gasteiger partial charge in [0.1, 0.15) is 23.9 Å². The molecule has 6 heteroatoms. The molecule has 0 spiro atoms. The van der Waals surface area contributed by atoms with Crippen molar-refractivity contribution >= 4 is 29.2 Å². The van der Waals surface area contributed by atoms with E-state index in [1.54, 1.807) is 48.5 Å². The number of halogens is 2. The van der Waals surface area contributed by atoms with E-state index in [2.05, 4.69) is 0 Å². The fourth-order valence-corrected chi connectivity index (χ4v) is 2.84. The van der Waals surface area contributed by atoms with E-state index in [1.165, 1.54) is 0 Å². The number of esters is 1. The highest BCUT2D eigenvalue weighted by Crippen LogP contribution is 2.34. The van der Waals surface area contributed by atoms with Crippen LogP contribution in [0.25, 0.3) is 11.3 Å². The largest absolute Gasteiger partial charge is 0.494 e. The Labute approximate surface area is 167 Å². The van der Waals surface area contributed by atoms with Crippen molar-refractivity contribution in [3.63, 3.8) is 0 Å². The standard InChI is InChI=1S/C21H18Cl2O4/c1-2-11-25-15-6-3-5-14(12-15)21(24)26-13-16-9-10-19(27-16)17-7-4-8-18(22)20(17)23/h3-10,12H,2,11,13H2,1H3. The first-order valence-electron chi connectivity index (χ1n) is 8.51. The zero-order valence-corrected chi connectivity index (χ0v) is 16.2. The van der Waals surface area contributed by atoms with Crippen LogP contribution >= 0.6 is 23.2 Å². The minimum atomic E-state index is -0.448. The van der Waals surface area contributed by atoms with Crippen molar-refractivity contribution in [3.05, 3.63) is 76.0 Å². The van der Waals surface area contributed by atoms with E-state index in [1.807, 2.05) is 13.0 Å². The van der Waals surface area contributed by atoms with Gasteiger partial charge in [-0.2, -0.15) is 0 Å². The molecule has 2 aromatic carbocycles. The second kappa shape index (κ2) is 8.98. The van der Waals surface area contributed by atoms with Crippen LogP contribution in [-0.2, 0) is 11.3 Å². The first-order valence-corrected chi connectivity index (χ1v) is 9.27. The summed E-state index contributed by atoms with van der Waals surface area (Å²) in [4.78, 5) is 12.3. The molecule has 0 amide bonds. The summed E-state index contributed by atoms with van der Waals surface area (Å²) in [6.07, 6.45) is 0.895. The summed E-state index contributed by atoms with van der Waals surface area (Å²) in [6, 6.07) is 15.7. The molecule has 0 bridgehead atoms. The zero-order chi connectivity index (χ0) is 19.2. The van der Waals surface area contributed by atoms with Crippen LogP contribution in [0.2, 0.25) is 10.0 Å². The van der Waals surface area contributed by atoms with Crippen molar-refractivity contribution in [3.8, 4) is 17.1 Å². The van der Waals surface area contributed by atoms with E-state index >= 15 is 0 Å². The topological polar surface area (TPSA) is 48.7 Å². The average Bonchev–Trinajstić information content (AvgIpc) is 3.15. The molecule has 0 unspecified atom stereocenters. The summed E-state index contributed by atoms with van der Waals surface area (Å²) >= 11 is 12.2. The fraction of sp³-hybridized carbons (Fsp3) is 0.190. The smallest absolute Gasteiger partial charge is 0.338 e. The van der Waals surface area contributed by atoms with Gasteiger partial charge < -0.3 is 13.9 Å². The highest BCUT2D eigenvalue weighted by atomic mass is 35.5. The van der Waals surface area contributed by atoms with Gasteiger partial charge >= 0.3 is 5.97 Å². The molecule has 0 aliphatic carbocycles. The zero-order valence-electron chi connectivity index (χ0n) is 14.7. The SMILES string of the molecule is CCCOc1cccc(C(=O)OCc2ccc(-c3cccc(Cl)c3Cl)o2)c1. The summed E-state index contributed by atoms with van der Waals surface area (Å²) in [5, 5.41) is 0.865. The number of ether oxygens (including phenoxy) is 2. The lowest BCUT2D eigenvalue weighted by Gasteiger charge is -2.07. The molecule has 3 aromatic rings. The monoisotopic (exact) mass is 404 g/mol. The van der Waals surface area contributed by atoms with E-state index in [0.29, 0.717) is 45.0 Å². The maximum atomic E-state index is 12.3. The molecular weight excluding hydrogens is 387 g/mol. The minimum Gasteiger partial charge on any atom is -0.494 e. The number of carbonyl (C=O) groups is 1. The quantitative estimate of drug-likeness (QED) is 0.427. The molecule has 1 aromatic heterocycles. The number of furan rings is 1. The Hall–Kier alpha value is -2.43. The molecule has 3 rings (SSSR count). The van der Waals surface area contributed by atoms with Crippen LogP contribution in [0.15, 0.2) is 59.0 Å². The van der Waals surface area contributed by atoms with Crippen molar-refractivity contribution < 1.29 is 18.7 Å². The van der Waals surface area contributed by atoms with Gasteiger partial charge in [-0.05, 0) is 48.9 Å². The van der Waals surface area contributed by atoms with Gasteiger partial charge in [-0.3, -0.25) is 0 Å². The Morgan fingerprint density at radius 2 is 1.89 bits per heavy atom. The van der Waals surface area contributed by atoms with Crippen molar-refractivity contribution in [2.75, 3.05) is 6.61 Å². The van der Waals surface area contributed by atoms with Crippen LogP contribution in [-0.4, -0.2) is 12.6 Å². The number of hydrogen-bond acceptors (Lipinski definition) is 4. The van der Waals surface area contributed by atoms with Gasteiger partial charge in [-0.1, -0.05) is 42.3 Å². The summed E-state index contributed by atoms with van der Waals surface area (Å²) in [6.45, 7) is 2.63. The Morgan fingerprint density at radius 1 is 1.07 bits per heavy atom. The summed E-state index contributed by atoms with van der Waals surface area (Å²) < 4.78 is 16.6. The van der Waals surface area contributed by atoms with Gasteiger partial charge in [-0.25, -0.2) is 4.79 Å². The normalized spacial score (nSPS) is 10.6. The molecule has 0 N–H and O–H groups in total. The van der Waals surface area contributed by atoms with Crippen LogP contribution in [0.5, 0.6) is 5.75 Å². The van der Waals surface area contributed by atoms with E-state index in [0.717, 1.165) is 6.42 Å². The van der Waals surface area contributed by atoms with E-state index < -0.39 is 5.97 Å². The third-order valence-corrected chi connectivity index (χ3v) is 4.59. The first-order chi connectivity index (χ1) is 13.1. The Balaban J connectivity index is 1.65. The highest BCUT2D eigenvalue weighted by molar-refractivity contribution is 6.43. The van der Waals surface area contributed by atoms with Gasteiger partial charge in [-0.15, -0.1) is 0 Å². The Kier molecular flexibility index (Phi) is 6.43. The van der Waals surface area contributed by atoms with E-state index in [-0.39, 0.29) is 6.61 Å². The minimum absolute atomic E-state index is 0.0110. The van der Waals surface area contributed by atoms with Crippen molar-refractivity contribution in [1.82, 2.24) is 0 Å². The highest BCUT2D eigenvalue weighted by Gasteiger charge is 2.13. The van der Waals surface area contributed by atoms with Crippen molar-refractivity contribution in [2.45, 2.75) is 20.0 Å². The Morgan fingerprint density at radius 3 is 2.70 bits per heavy atom. The van der Waals surface area contributed by atoms with E-state index in [4.69, 9.17) is 37.1 Å². The molecule has 1 heterocycles. The fourth-order valence-electron chi connectivity index (χ4n) is 2.45. The molecule has 0 fully saturated rings. The van der Waals surface area contributed by atoms with Crippen LogP contribution in [0.1, 0.15) is 29.5 Å². The number of carbonyl (C=O) groups excluding carboxylic acids is 1. The van der Waals surface area contributed by atoms with E-state index in [9.17, 15) is 4.79 Å². The van der Waals surface area contributed by atoms with Crippen LogP contribution in [0, 0.1) is 0 Å². The molecule has 0 radical (unpaired) electrons. The lowest BCUT2D eigenvalue weighted by Crippen LogP contribution is -2.05. The van der Waals surface area contributed by atoms with Gasteiger partial charge in [0.15, 0.2) is 0 Å². The van der Waals surface area contributed by atoms with Crippen LogP contribution in [0.4, 0.5) is 0 Å². The third-order valence-electron chi connectivity index (χ3n) is 3.77. The van der Waals surface area contributed by atoms with Gasteiger partial charge in [0.2, 0.25) is 0 Å². The van der Waals surface area contributed by atoms with Crippen molar-refractivity contribution in [1.29, 1.82) is 0 Å². The molecular formula is C21H18Cl2O4. The average molecular weight is 405 g/mol. The summed E-state index contributed by atoms with van der Waals surface area (Å²) in [7, 11) is 0. The molecule has 0 saturated carbocycles. The maximum Gasteiger partial charge on any atom is 0.338 e. The third kappa shape index (κ3) is 4.85. The van der Waals surface area contributed by atoms with Crippen LogP contribution < -0.4 is 4.74 Å². The molecule has 0 aliphatic heterocycles. The lowest BCUT2D eigenvalue weighted by atomic mass is 10.2. The molecule has 27 heavy (non-hydrogen) atoms. The van der Waals surface area contributed by atoms with Gasteiger partial charge in [0.25, 0.3) is 0 Å².